The zero-order valence-electron chi connectivity index (χ0n) is 9.27. The van der Waals surface area contributed by atoms with Crippen LogP contribution in [0.15, 0.2) is 28.7 Å². The smallest absolute Gasteiger partial charge is 0.331 e. The van der Waals surface area contributed by atoms with Crippen LogP contribution in [0.1, 0.15) is 12.5 Å². The minimum atomic E-state index is -3.45. The van der Waals surface area contributed by atoms with Crippen molar-refractivity contribution in [3.05, 3.63) is 34.4 Å². The van der Waals surface area contributed by atoms with Crippen LogP contribution in [-0.2, 0) is 14.6 Å². The van der Waals surface area contributed by atoms with Gasteiger partial charge in [-0.2, -0.15) is 0 Å². The van der Waals surface area contributed by atoms with Gasteiger partial charge in [0.05, 0.1) is 4.90 Å². The standard InChI is InChI=1S/C11H11ClO4S/c1-7(11(13)14)5-8-3-4-9(12)6-10(8)17(2,15)16/h3-6H,1-2H3,(H,13,14)/b7-5+. The van der Waals surface area contributed by atoms with E-state index >= 15 is 0 Å². The molecule has 0 fully saturated rings. The molecule has 0 spiro atoms. The van der Waals surface area contributed by atoms with Crippen molar-refractivity contribution in [1.82, 2.24) is 0 Å². The first-order valence-corrected chi connectivity index (χ1v) is 6.90. The van der Waals surface area contributed by atoms with E-state index in [0.29, 0.717) is 5.56 Å². The fourth-order valence-corrected chi connectivity index (χ4v) is 2.38. The summed E-state index contributed by atoms with van der Waals surface area (Å²) in [4.78, 5) is 10.7. The lowest BCUT2D eigenvalue weighted by molar-refractivity contribution is -0.132. The second kappa shape index (κ2) is 4.89. The Labute approximate surface area is 104 Å². The molecule has 0 amide bonds. The van der Waals surface area contributed by atoms with Crippen LogP contribution in [0.4, 0.5) is 0 Å². The van der Waals surface area contributed by atoms with Crippen molar-refractivity contribution in [3.63, 3.8) is 0 Å². The van der Waals surface area contributed by atoms with Gasteiger partial charge in [-0.25, -0.2) is 13.2 Å². The van der Waals surface area contributed by atoms with Crippen LogP contribution in [0, 0.1) is 0 Å². The lowest BCUT2D eigenvalue weighted by Gasteiger charge is -2.05. The van der Waals surface area contributed by atoms with Crippen molar-refractivity contribution in [1.29, 1.82) is 0 Å². The van der Waals surface area contributed by atoms with E-state index in [0.717, 1.165) is 6.26 Å². The van der Waals surface area contributed by atoms with E-state index in [4.69, 9.17) is 16.7 Å². The Morgan fingerprint density at radius 1 is 1.41 bits per heavy atom. The van der Waals surface area contributed by atoms with Crippen molar-refractivity contribution in [2.24, 2.45) is 0 Å². The number of hydrogen-bond donors (Lipinski definition) is 1. The molecule has 6 heteroatoms. The Balaban J connectivity index is 3.46. The van der Waals surface area contributed by atoms with Gasteiger partial charge in [-0.05, 0) is 30.7 Å². The molecule has 0 unspecified atom stereocenters. The van der Waals surface area contributed by atoms with Crippen molar-refractivity contribution < 1.29 is 18.3 Å². The van der Waals surface area contributed by atoms with Gasteiger partial charge >= 0.3 is 5.97 Å². The monoisotopic (exact) mass is 274 g/mol. The fourth-order valence-electron chi connectivity index (χ4n) is 1.24. The van der Waals surface area contributed by atoms with Crippen LogP contribution >= 0.6 is 11.6 Å². The van der Waals surface area contributed by atoms with Crippen LogP contribution in [0.2, 0.25) is 5.02 Å². The molecule has 0 atom stereocenters. The molecule has 4 nitrogen and oxygen atoms in total. The molecule has 1 aromatic rings. The number of benzene rings is 1. The summed E-state index contributed by atoms with van der Waals surface area (Å²) in [7, 11) is -3.45. The first-order chi connectivity index (χ1) is 7.71. The van der Waals surface area contributed by atoms with E-state index < -0.39 is 15.8 Å². The third kappa shape index (κ3) is 3.57. The maximum absolute atomic E-state index is 11.5. The molecular formula is C11H11ClO4S. The molecule has 0 aliphatic rings. The molecule has 0 aliphatic carbocycles. The molecular weight excluding hydrogens is 264 g/mol. The van der Waals surface area contributed by atoms with E-state index in [1.807, 2.05) is 0 Å². The number of carboxylic acids is 1. The minimum absolute atomic E-state index is 0.0191. The van der Waals surface area contributed by atoms with Crippen molar-refractivity contribution in [2.75, 3.05) is 6.26 Å². The number of rotatable bonds is 3. The van der Waals surface area contributed by atoms with E-state index in [1.165, 1.54) is 31.2 Å². The van der Waals surface area contributed by atoms with Crippen LogP contribution in [-0.4, -0.2) is 25.7 Å². The highest BCUT2D eigenvalue weighted by molar-refractivity contribution is 7.90. The first-order valence-electron chi connectivity index (χ1n) is 4.63. The molecule has 92 valence electrons. The van der Waals surface area contributed by atoms with Gasteiger partial charge in [0.15, 0.2) is 9.84 Å². The lowest BCUT2D eigenvalue weighted by atomic mass is 10.1. The van der Waals surface area contributed by atoms with Gasteiger partial charge in [-0.15, -0.1) is 0 Å². The average molecular weight is 275 g/mol. The number of carbonyl (C=O) groups is 1. The average Bonchev–Trinajstić information content (AvgIpc) is 2.18. The Kier molecular flexibility index (Phi) is 3.95. The topological polar surface area (TPSA) is 71.4 Å². The minimum Gasteiger partial charge on any atom is -0.478 e. The molecule has 0 saturated carbocycles. The quantitative estimate of drug-likeness (QED) is 0.858. The highest BCUT2D eigenvalue weighted by Crippen LogP contribution is 2.23. The summed E-state index contributed by atoms with van der Waals surface area (Å²) >= 11 is 5.72. The third-order valence-electron chi connectivity index (χ3n) is 2.08. The largest absolute Gasteiger partial charge is 0.478 e. The van der Waals surface area contributed by atoms with Gasteiger partial charge < -0.3 is 5.11 Å². The summed E-state index contributed by atoms with van der Waals surface area (Å²) in [6.45, 7) is 1.39. The summed E-state index contributed by atoms with van der Waals surface area (Å²) in [6, 6.07) is 4.29. The Bertz CT molecular complexity index is 587. The van der Waals surface area contributed by atoms with Crippen LogP contribution < -0.4 is 0 Å². The SMILES string of the molecule is C/C(=C\c1ccc(Cl)cc1S(C)(=O)=O)C(=O)O. The number of hydrogen-bond acceptors (Lipinski definition) is 3. The molecule has 1 aromatic carbocycles. The second-order valence-corrected chi connectivity index (χ2v) is 6.01. The molecule has 0 bridgehead atoms. The summed E-state index contributed by atoms with van der Waals surface area (Å²) in [5.41, 5.74) is 0.369. The van der Waals surface area contributed by atoms with Gasteiger partial charge in [-0.3, -0.25) is 0 Å². The molecule has 1 N–H and O–H groups in total. The number of aliphatic carboxylic acids is 1. The summed E-state index contributed by atoms with van der Waals surface area (Å²) in [6.07, 6.45) is 2.35. The van der Waals surface area contributed by atoms with Gasteiger partial charge in [0.25, 0.3) is 0 Å². The van der Waals surface area contributed by atoms with E-state index in [1.54, 1.807) is 0 Å². The van der Waals surface area contributed by atoms with Gasteiger partial charge in [0.2, 0.25) is 0 Å². The third-order valence-corrected chi connectivity index (χ3v) is 3.47. The number of halogens is 1. The molecule has 0 aliphatic heterocycles. The molecule has 17 heavy (non-hydrogen) atoms. The van der Waals surface area contributed by atoms with E-state index in [-0.39, 0.29) is 15.5 Å². The van der Waals surface area contributed by atoms with E-state index in [2.05, 4.69) is 0 Å². The second-order valence-electron chi connectivity index (χ2n) is 3.59. The molecule has 0 saturated heterocycles. The zero-order valence-corrected chi connectivity index (χ0v) is 10.8. The first kappa shape index (κ1) is 13.7. The van der Waals surface area contributed by atoms with Crippen LogP contribution in [0.25, 0.3) is 6.08 Å². The maximum atomic E-state index is 11.5. The summed E-state index contributed by atoms with van der Waals surface area (Å²) in [5, 5.41) is 9.04. The highest BCUT2D eigenvalue weighted by atomic mass is 35.5. The van der Waals surface area contributed by atoms with Crippen molar-refractivity contribution in [3.8, 4) is 0 Å². The molecule has 1 rings (SSSR count). The highest BCUT2D eigenvalue weighted by Gasteiger charge is 2.13. The van der Waals surface area contributed by atoms with Gasteiger partial charge in [-0.1, -0.05) is 17.7 Å². The Morgan fingerprint density at radius 2 is 2.00 bits per heavy atom. The van der Waals surface area contributed by atoms with E-state index in [9.17, 15) is 13.2 Å². The lowest BCUT2D eigenvalue weighted by Crippen LogP contribution is -2.01. The molecule has 0 aromatic heterocycles. The predicted octanol–water partition coefficient (Wildman–Crippen LogP) is 2.23. The van der Waals surface area contributed by atoms with Crippen LogP contribution in [0.5, 0.6) is 0 Å². The summed E-state index contributed by atoms with van der Waals surface area (Å²) in [5.74, 6) is -1.10. The molecule has 0 heterocycles. The van der Waals surface area contributed by atoms with Gasteiger partial charge in [0, 0.05) is 16.9 Å². The predicted molar refractivity (Wildman–Crippen MR) is 65.8 cm³/mol. The maximum Gasteiger partial charge on any atom is 0.331 e. The van der Waals surface area contributed by atoms with Crippen molar-refractivity contribution >= 4 is 33.5 Å². The zero-order chi connectivity index (χ0) is 13.2. The normalized spacial score (nSPS) is 12.5. The Hall–Kier alpha value is -1.33. The van der Waals surface area contributed by atoms with Crippen LogP contribution in [0.3, 0.4) is 0 Å². The summed E-state index contributed by atoms with van der Waals surface area (Å²) < 4.78 is 23.0. The van der Waals surface area contributed by atoms with Gasteiger partial charge in [0.1, 0.15) is 0 Å². The molecule has 0 radical (unpaired) electrons. The van der Waals surface area contributed by atoms with Crippen molar-refractivity contribution in [2.45, 2.75) is 11.8 Å². The Morgan fingerprint density at radius 3 is 2.47 bits per heavy atom. The number of carboxylic acid groups (broad SMARTS) is 1. The fraction of sp³-hybridized carbons (Fsp3) is 0.182. The number of sulfone groups is 1.